The van der Waals surface area contributed by atoms with Gasteiger partial charge >= 0.3 is 11.9 Å². The summed E-state index contributed by atoms with van der Waals surface area (Å²) in [5.74, 6) is -2.52. The van der Waals surface area contributed by atoms with Crippen LogP contribution in [0.1, 0.15) is 39.9 Å². The van der Waals surface area contributed by atoms with Gasteiger partial charge in [0.05, 0.1) is 6.61 Å². The number of aromatic carboxylic acids is 1. The number of aliphatic hydroxyl groups excluding tert-OH is 1. The highest BCUT2D eigenvalue weighted by atomic mass is 16.5. The first-order valence-corrected chi connectivity index (χ1v) is 10.5. The minimum absolute atomic E-state index is 0.0362. The second-order valence-electron chi connectivity index (χ2n) is 7.32. The molecule has 1 aromatic heterocycles. The number of nitrogens with one attached hydrogen (secondary N) is 1. The molecule has 0 spiro atoms. The van der Waals surface area contributed by atoms with Gasteiger partial charge in [-0.05, 0) is 23.6 Å². The lowest BCUT2D eigenvalue weighted by Crippen LogP contribution is -2.35. The largest absolute Gasteiger partial charge is 0.477 e. The van der Waals surface area contributed by atoms with Crippen LogP contribution in [0.4, 0.5) is 0 Å². The van der Waals surface area contributed by atoms with Crippen LogP contribution < -0.4 is 0 Å². The van der Waals surface area contributed by atoms with Crippen LogP contribution in [0.15, 0.2) is 60.7 Å². The molecular formula is C24H25N3O6. The van der Waals surface area contributed by atoms with E-state index in [0.717, 1.165) is 22.8 Å². The third kappa shape index (κ3) is 6.27. The molecule has 33 heavy (non-hydrogen) atoms. The highest BCUT2D eigenvalue weighted by Crippen LogP contribution is 2.20. The minimum Gasteiger partial charge on any atom is -0.477 e. The van der Waals surface area contributed by atoms with Crippen LogP contribution in [0.2, 0.25) is 0 Å². The number of rotatable bonds is 10. The van der Waals surface area contributed by atoms with Gasteiger partial charge in [0.15, 0.2) is 11.8 Å². The van der Waals surface area contributed by atoms with Gasteiger partial charge in [0.1, 0.15) is 5.69 Å². The number of nitrogens with zero attached hydrogens (tertiary/aromatic N) is 2. The van der Waals surface area contributed by atoms with Gasteiger partial charge in [0, 0.05) is 25.6 Å². The van der Waals surface area contributed by atoms with E-state index < -0.39 is 23.9 Å². The Labute approximate surface area is 190 Å². The van der Waals surface area contributed by atoms with Gasteiger partial charge in [-0.15, -0.1) is 0 Å². The van der Waals surface area contributed by atoms with Crippen molar-refractivity contribution in [1.29, 1.82) is 0 Å². The van der Waals surface area contributed by atoms with Crippen molar-refractivity contribution in [3.05, 3.63) is 77.6 Å². The molecule has 0 bridgehead atoms. The number of carbonyl (C=O) groups is 3. The number of hydrogen-bond acceptors (Lipinski definition) is 6. The predicted octanol–water partition coefficient (Wildman–Crippen LogP) is 2.73. The highest BCUT2D eigenvalue weighted by molar-refractivity contribution is 5.95. The van der Waals surface area contributed by atoms with E-state index in [4.69, 9.17) is 9.84 Å². The Kier molecular flexibility index (Phi) is 7.93. The molecule has 0 fully saturated rings. The van der Waals surface area contributed by atoms with E-state index in [1.807, 2.05) is 54.6 Å². The van der Waals surface area contributed by atoms with Crippen molar-refractivity contribution in [3.63, 3.8) is 0 Å². The van der Waals surface area contributed by atoms with Gasteiger partial charge in [-0.3, -0.25) is 9.89 Å². The standard InChI is InChI=1S/C24H25N3O6/c1-2-33-24(32)21(28)12-13-27(22(29)19-14-20(23(30)31)26-25-19)15-16-8-10-18(11-9-16)17-6-4-3-5-7-17/h3-11,14,21,28H,2,12-13,15H2,1H3,(H,25,26)(H,30,31). The number of aliphatic hydroxyl groups is 1. The Balaban J connectivity index is 1.77. The maximum atomic E-state index is 13.0. The molecule has 3 rings (SSSR count). The van der Waals surface area contributed by atoms with Crippen LogP contribution in [0.25, 0.3) is 11.1 Å². The molecule has 3 aromatic rings. The first kappa shape index (κ1) is 23.7. The number of H-pyrrole nitrogens is 1. The fraction of sp³-hybridized carbons (Fsp3) is 0.250. The van der Waals surface area contributed by atoms with Gasteiger partial charge in [0.2, 0.25) is 0 Å². The third-order valence-corrected chi connectivity index (χ3v) is 4.98. The van der Waals surface area contributed by atoms with Crippen LogP contribution in [0, 0.1) is 0 Å². The van der Waals surface area contributed by atoms with E-state index in [9.17, 15) is 19.5 Å². The van der Waals surface area contributed by atoms with Gasteiger partial charge < -0.3 is 19.8 Å². The van der Waals surface area contributed by atoms with Crippen LogP contribution >= 0.6 is 0 Å². The summed E-state index contributed by atoms with van der Waals surface area (Å²) in [7, 11) is 0. The van der Waals surface area contributed by atoms with Gasteiger partial charge in [-0.25, -0.2) is 9.59 Å². The lowest BCUT2D eigenvalue weighted by Gasteiger charge is -2.23. The summed E-state index contributed by atoms with van der Waals surface area (Å²) >= 11 is 0. The molecule has 0 aliphatic rings. The number of amides is 1. The van der Waals surface area contributed by atoms with Crippen LogP contribution in [0.3, 0.4) is 0 Å². The molecule has 2 aromatic carbocycles. The van der Waals surface area contributed by atoms with Crippen molar-refractivity contribution in [1.82, 2.24) is 15.1 Å². The number of esters is 1. The molecular weight excluding hydrogens is 426 g/mol. The van der Waals surface area contributed by atoms with Crippen molar-refractivity contribution >= 4 is 17.8 Å². The summed E-state index contributed by atoms with van der Waals surface area (Å²) < 4.78 is 4.81. The fourth-order valence-corrected chi connectivity index (χ4v) is 3.24. The molecule has 0 aliphatic carbocycles. The maximum absolute atomic E-state index is 13.0. The van der Waals surface area contributed by atoms with Gasteiger partial charge in [-0.1, -0.05) is 54.6 Å². The molecule has 1 heterocycles. The van der Waals surface area contributed by atoms with E-state index >= 15 is 0 Å². The van der Waals surface area contributed by atoms with E-state index in [-0.39, 0.29) is 37.5 Å². The summed E-state index contributed by atoms with van der Waals surface area (Å²) in [4.78, 5) is 37.3. The fourth-order valence-electron chi connectivity index (χ4n) is 3.24. The monoisotopic (exact) mass is 451 g/mol. The average molecular weight is 451 g/mol. The second kappa shape index (κ2) is 11.1. The lowest BCUT2D eigenvalue weighted by molar-refractivity contribution is -0.153. The lowest BCUT2D eigenvalue weighted by atomic mass is 10.0. The molecule has 0 aliphatic heterocycles. The van der Waals surface area contributed by atoms with E-state index in [1.54, 1.807) is 6.92 Å². The summed E-state index contributed by atoms with van der Waals surface area (Å²) in [6.07, 6.45) is -1.42. The van der Waals surface area contributed by atoms with E-state index in [0.29, 0.717) is 0 Å². The highest BCUT2D eigenvalue weighted by Gasteiger charge is 2.24. The molecule has 1 atom stereocenters. The minimum atomic E-state index is -1.38. The molecule has 0 saturated carbocycles. The van der Waals surface area contributed by atoms with Crippen molar-refractivity contribution in [3.8, 4) is 11.1 Å². The second-order valence-corrected chi connectivity index (χ2v) is 7.32. The number of hydrogen-bond donors (Lipinski definition) is 3. The van der Waals surface area contributed by atoms with Crippen molar-refractivity contribution < 1.29 is 29.3 Å². The predicted molar refractivity (Wildman–Crippen MR) is 119 cm³/mol. The number of aromatic amines is 1. The molecule has 0 saturated heterocycles. The Bertz CT molecular complexity index is 1090. The molecule has 172 valence electrons. The Morgan fingerprint density at radius 3 is 2.33 bits per heavy atom. The molecule has 1 amide bonds. The van der Waals surface area contributed by atoms with E-state index in [2.05, 4.69) is 10.2 Å². The summed E-state index contributed by atoms with van der Waals surface area (Å²) in [5, 5.41) is 25.2. The quantitative estimate of drug-likeness (QED) is 0.404. The molecule has 9 nitrogen and oxygen atoms in total. The van der Waals surface area contributed by atoms with Gasteiger partial charge in [0.25, 0.3) is 5.91 Å². The van der Waals surface area contributed by atoms with E-state index in [1.165, 1.54) is 4.90 Å². The maximum Gasteiger partial charge on any atom is 0.353 e. The normalized spacial score (nSPS) is 11.6. The first-order chi connectivity index (χ1) is 15.9. The number of ether oxygens (including phenoxy) is 1. The smallest absolute Gasteiger partial charge is 0.353 e. The number of carboxylic acids is 1. The molecule has 9 heteroatoms. The topological polar surface area (TPSA) is 133 Å². The number of aromatic nitrogens is 2. The third-order valence-electron chi connectivity index (χ3n) is 4.98. The molecule has 1 unspecified atom stereocenters. The zero-order chi connectivity index (χ0) is 23.8. The van der Waals surface area contributed by atoms with Gasteiger partial charge in [-0.2, -0.15) is 5.10 Å². The Morgan fingerprint density at radius 1 is 1.06 bits per heavy atom. The first-order valence-electron chi connectivity index (χ1n) is 10.5. The Morgan fingerprint density at radius 2 is 1.73 bits per heavy atom. The SMILES string of the molecule is CCOC(=O)C(O)CCN(Cc1ccc(-c2ccccc2)cc1)C(=O)c1cc(C(=O)O)[nH]n1. The van der Waals surface area contributed by atoms with Crippen molar-refractivity contribution in [2.75, 3.05) is 13.2 Å². The average Bonchev–Trinajstić information content (AvgIpc) is 3.33. The zero-order valence-electron chi connectivity index (χ0n) is 18.1. The van der Waals surface area contributed by atoms with Crippen LogP contribution in [0.5, 0.6) is 0 Å². The zero-order valence-corrected chi connectivity index (χ0v) is 18.1. The van der Waals surface area contributed by atoms with Crippen molar-refractivity contribution in [2.24, 2.45) is 0 Å². The Hall–Kier alpha value is -3.98. The summed E-state index contributed by atoms with van der Waals surface area (Å²) in [6.45, 7) is 1.99. The van der Waals surface area contributed by atoms with Crippen LogP contribution in [-0.2, 0) is 16.1 Å². The number of benzene rings is 2. The number of carboxylic acid groups (broad SMARTS) is 1. The summed E-state index contributed by atoms with van der Waals surface area (Å²) in [6, 6.07) is 18.7. The summed E-state index contributed by atoms with van der Waals surface area (Å²) in [5.41, 5.74) is 2.62. The van der Waals surface area contributed by atoms with Crippen molar-refractivity contribution in [2.45, 2.75) is 26.0 Å². The molecule has 3 N–H and O–H groups in total. The number of carbonyl (C=O) groups excluding carboxylic acids is 2. The van der Waals surface area contributed by atoms with Crippen LogP contribution in [-0.4, -0.2) is 62.4 Å². The molecule has 0 radical (unpaired) electrons.